The van der Waals surface area contributed by atoms with Gasteiger partial charge in [-0.1, -0.05) is 12.2 Å². The van der Waals surface area contributed by atoms with E-state index in [2.05, 4.69) is 12.2 Å². The molecule has 0 saturated carbocycles. The largest absolute Gasteiger partial charge is 0.382 e. The molecule has 2 aliphatic rings. The van der Waals surface area contributed by atoms with Crippen molar-refractivity contribution in [2.45, 2.75) is 18.6 Å². The van der Waals surface area contributed by atoms with Gasteiger partial charge in [-0.2, -0.15) is 0 Å². The number of methoxy groups -OCH3 is 1. The quantitative estimate of drug-likeness (QED) is 0.459. The molecule has 0 aromatic heterocycles. The summed E-state index contributed by atoms with van der Waals surface area (Å²) in [6, 6.07) is 0. The molecule has 2 aliphatic heterocycles. The Morgan fingerprint density at radius 2 is 1.94 bits per heavy atom. The van der Waals surface area contributed by atoms with Gasteiger partial charge in [-0.05, 0) is 6.42 Å². The molecular formula is C12H20O4. The predicted molar refractivity (Wildman–Crippen MR) is 59.4 cm³/mol. The third-order valence-corrected chi connectivity index (χ3v) is 2.98. The van der Waals surface area contributed by atoms with Gasteiger partial charge in [0.15, 0.2) is 0 Å². The van der Waals surface area contributed by atoms with E-state index in [4.69, 9.17) is 18.9 Å². The molecule has 0 amide bonds. The molecule has 4 heteroatoms. The summed E-state index contributed by atoms with van der Waals surface area (Å²) in [6.45, 7) is 3.35. The fraction of sp³-hybridized carbons (Fsp3) is 0.833. The van der Waals surface area contributed by atoms with Crippen LogP contribution in [0.3, 0.4) is 0 Å². The molecule has 1 fully saturated rings. The summed E-state index contributed by atoms with van der Waals surface area (Å²) in [5.74, 6) is 0.536. The van der Waals surface area contributed by atoms with Crippen LogP contribution in [0, 0.1) is 5.92 Å². The SMILES string of the molecule is COCCOCCOCC1CC2C=CC1O2. The van der Waals surface area contributed by atoms with E-state index in [1.807, 2.05) is 0 Å². The standard InChI is InChI=1S/C12H20O4/c1-13-4-5-14-6-7-15-9-10-8-11-2-3-12(10)16-11/h2-3,10-12H,4-9H2,1H3. The lowest BCUT2D eigenvalue weighted by molar-refractivity contribution is 0.00923. The molecule has 0 radical (unpaired) electrons. The average Bonchev–Trinajstić information content (AvgIpc) is 2.90. The molecule has 0 N–H and O–H groups in total. The Morgan fingerprint density at radius 1 is 1.12 bits per heavy atom. The molecule has 0 spiro atoms. The summed E-state index contributed by atoms with van der Waals surface area (Å²) in [7, 11) is 1.67. The van der Waals surface area contributed by atoms with Crippen LogP contribution >= 0.6 is 0 Å². The van der Waals surface area contributed by atoms with Gasteiger partial charge in [-0.3, -0.25) is 0 Å². The van der Waals surface area contributed by atoms with E-state index < -0.39 is 0 Å². The molecule has 0 aromatic rings. The van der Waals surface area contributed by atoms with Crippen LogP contribution in [0.5, 0.6) is 0 Å². The summed E-state index contributed by atoms with van der Waals surface area (Å²) >= 11 is 0. The molecule has 16 heavy (non-hydrogen) atoms. The van der Waals surface area contributed by atoms with Gasteiger partial charge in [0, 0.05) is 13.0 Å². The first-order valence-corrected chi connectivity index (χ1v) is 5.88. The van der Waals surface area contributed by atoms with Crippen LogP contribution in [0.1, 0.15) is 6.42 Å². The van der Waals surface area contributed by atoms with Crippen molar-refractivity contribution >= 4 is 0 Å². The Hall–Kier alpha value is -0.420. The van der Waals surface area contributed by atoms with E-state index in [1.165, 1.54) is 0 Å². The van der Waals surface area contributed by atoms with Crippen molar-refractivity contribution in [2.75, 3.05) is 40.1 Å². The van der Waals surface area contributed by atoms with Crippen LogP contribution in [0.15, 0.2) is 12.2 Å². The first-order chi connectivity index (χ1) is 7.90. The molecule has 0 aliphatic carbocycles. The van der Waals surface area contributed by atoms with Crippen LogP contribution in [0.2, 0.25) is 0 Å². The van der Waals surface area contributed by atoms with Gasteiger partial charge in [-0.25, -0.2) is 0 Å². The molecule has 92 valence electrons. The van der Waals surface area contributed by atoms with Gasteiger partial charge in [0.05, 0.1) is 45.2 Å². The molecule has 1 saturated heterocycles. The number of hydrogen-bond acceptors (Lipinski definition) is 4. The smallest absolute Gasteiger partial charge is 0.0816 e. The minimum Gasteiger partial charge on any atom is -0.382 e. The Kier molecular flexibility index (Phi) is 4.78. The molecule has 4 nitrogen and oxygen atoms in total. The molecule has 2 bridgehead atoms. The van der Waals surface area contributed by atoms with Crippen LogP contribution < -0.4 is 0 Å². The number of hydrogen-bond donors (Lipinski definition) is 0. The lowest BCUT2D eigenvalue weighted by Crippen LogP contribution is -2.20. The zero-order valence-electron chi connectivity index (χ0n) is 9.76. The van der Waals surface area contributed by atoms with Crippen molar-refractivity contribution < 1.29 is 18.9 Å². The predicted octanol–water partition coefficient (Wildman–Crippen LogP) is 1.01. The second-order valence-corrected chi connectivity index (χ2v) is 4.20. The average molecular weight is 228 g/mol. The highest BCUT2D eigenvalue weighted by atomic mass is 16.5. The van der Waals surface area contributed by atoms with Gasteiger partial charge in [-0.15, -0.1) is 0 Å². The van der Waals surface area contributed by atoms with E-state index >= 15 is 0 Å². The second-order valence-electron chi connectivity index (χ2n) is 4.20. The van der Waals surface area contributed by atoms with Gasteiger partial charge < -0.3 is 18.9 Å². The first kappa shape index (κ1) is 12.0. The van der Waals surface area contributed by atoms with E-state index in [-0.39, 0.29) is 0 Å². The van der Waals surface area contributed by atoms with Crippen molar-refractivity contribution in [2.24, 2.45) is 5.92 Å². The Bertz CT molecular complexity index is 229. The number of ether oxygens (including phenoxy) is 4. The van der Waals surface area contributed by atoms with Gasteiger partial charge in [0.25, 0.3) is 0 Å². The molecule has 2 heterocycles. The van der Waals surface area contributed by atoms with E-state index in [1.54, 1.807) is 7.11 Å². The Morgan fingerprint density at radius 3 is 2.62 bits per heavy atom. The Balaban J connectivity index is 1.45. The monoisotopic (exact) mass is 228 g/mol. The zero-order valence-corrected chi connectivity index (χ0v) is 9.76. The van der Waals surface area contributed by atoms with E-state index in [0.29, 0.717) is 44.6 Å². The lowest BCUT2D eigenvalue weighted by Gasteiger charge is -2.15. The summed E-state index contributed by atoms with van der Waals surface area (Å²) < 4.78 is 21.4. The fourth-order valence-corrected chi connectivity index (χ4v) is 2.12. The summed E-state index contributed by atoms with van der Waals surface area (Å²) in [4.78, 5) is 0. The maximum Gasteiger partial charge on any atom is 0.0816 e. The van der Waals surface area contributed by atoms with Crippen molar-refractivity contribution in [3.05, 3.63) is 12.2 Å². The first-order valence-electron chi connectivity index (χ1n) is 5.88. The highest BCUT2D eigenvalue weighted by Crippen LogP contribution is 2.33. The number of rotatable bonds is 8. The molecule has 3 unspecified atom stereocenters. The van der Waals surface area contributed by atoms with Crippen molar-refractivity contribution in [3.63, 3.8) is 0 Å². The minimum absolute atomic E-state index is 0.291. The molecular weight excluding hydrogens is 208 g/mol. The number of fused-ring (bicyclic) bond motifs is 2. The van der Waals surface area contributed by atoms with Crippen molar-refractivity contribution in [1.82, 2.24) is 0 Å². The maximum atomic E-state index is 5.66. The van der Waals surface area contributed by atoms with Gasteiger partial charge >= 0.3 is 0 Å². The fourth-order valence-electron chi connectivity index (χ4n) is 2.12. The highest BCUT2D eigenvalue weighted by Gasteiger charge is 2.36. The van der Waals surface area contributed by atoms with E-state index in [9.17, 15) is 0 Å². The normalized spacial score (nSPS) is 31.4. The third kappa shape index (κ3) is 3.28. The minimum atomic E-state index is 0.291. The third-order valence-electron chi connectivity index (χ3n) is 2.98. The van der Waals surface area contributed by atoms with E-state index in [0.717, 1.165) is 13.0 Å². The lowest BCUT2D eigenvalue weighted by atomic mass is 9.95. The highest BCUT2D eigenvalue weighted by molar-refractivity contribution is 5.10. The second kappa shape index (κ2) is 6.35. The molecule has 0 aromatic carbocycles. The van der Waals surface area contributed by atoms with Gasteiger partial charge in [0.2, 0.25) is 0 Å². The van der Waals surface area contributed by atoms with Crippen LogP contribution in [-0.4, -0.2) is 52.4 Å². The van der Waals surface area contributed by atoms with Crippen molar-refractivity contribution in [1.29, 1.82) is 0 Å². The van der Waals surface area contributed by atoms with Crippen LogP contribution in [-0.2, 0) is 18.9 Å². The van der Waals surface area contributed by atoms with Crippen molar-refractivity contribution in [3.8, 4) is 0 Å². The Labute approximate surface area is 96.5 Å². The summed E-state index contributed by atoms with van der Waals surface area (Å²) in [5, 5.41) is 0. The van der Waals surface area contributed by atoms with Crippen LogP contribution in [0.25, 0.3) is 0 Å². The summed E-state index contributed by atoms with van der Waals surface area (Å²) in [6.07, 6.45) is 6.04. The molecule has 2 rings (SSSR count). The van der Waals surface area contributed by atoms with Gasteiger partial charge in [0.1, 0.15) is 0 Å². The topological polar surface area (TPSA) is 36.9 Å². The van der Waals surface area contributed by atoms with Crippen LogP contribution in [0.4, 0.5) is 0 Å². The maximum absolute atomic E-state index is 5.66. The zero-order chi connectivity index (χ0) is 11.2. The summed E-state index contributed by atoms with van der Waals surface area (Å²) in [5.41, 5.74) is 0. The molecule has 3 atom stereocenters.